The molecule has 5 aromatic rings. The normalized spacial score (nSPS) is 10.7. The number of aromatic amines is 1. The van der Waals surface area contributed by atoms with Crippen LogP contribution in [-0.4, -0.2) is 42.9 Å². The first-order valence-electron chi connectivity index (χ1n) is 12.1. The van der Waals surface area contributed by atoms with Crippen molar-refractivity contribution in [3.63, 3.8) is 0 Å². The molecule has 0 saturated carbocycles. The smallest absolute Gasteiger partial charge is 0.273 e. The van der Waals surface area contributed by atoms with E-state index in [-0.39, 0.29) is 23.6 Å². The van der Waals surface area contributed by atoms with Gasteiger partial charge in [-0.1, -0.05) is 6.07 Å². The minimum absolute atomic E-state index is 0.133. The summed E-state index contributed by atoms with van der Waals surface area (Å²) in [5.41, 5.74) is 3.07. The largest absolute Gasteiger partial charge is 0.481 e. The summed E-state index contributed by atoms with van der Waals surface area (Å²) >= 11 is 0. The van der Waals surface area contributed by atoms with Crippen molar-refractivity contribution in [2.24, 2.45) is 0 Å². The molecule has 0 aromatic carbocycles. The zero-order valence-corrected chi connectivity index (χ0v) is 21.5. The molecule has 0 spiro atoms. The highest BCUT2D eigenvalue weighted by atomic mass is 19.1. The van der Waals surface area contributed by atoms with E-state index in [4.69, 9.17) is 4.74 Å². The third-order valence-electron chi connectivity index (χ3n) is 5.74. The zero-order chi connectivity index (χ0) is 28.1. The Balaban J connectivity index is 1.25. The van der Waals surface area contributed by atoms with Gasteiger partial charge in [0.05, 0.1) is 12.8 Å². The SMILES string of the molecule is COc1ccc(-c2ccc(CNC(=O)c3ncc(-c4nc(C)cc(Nc5cc[nH]c(=O)c5)n4)cc3F)cn2)cn1. The van der Waals surface area contributed by atoms with Crippen LogP contribution in [0.3, 0.4) is 0 Å². The fourth-order valence-electron chi connectivity index (χ4n) is 3.78. The molecule has 0 atom stereocenters. The first-order valence-corrected chi connectivity index (χ1v) is 12.1. The van der Waals surface area contributed by atoms with Crippen molar-refractivity contribution >= 4 is 17.4 Å². The molecule has 12 heteroatoms. The fourth-order valence-corrected chi connectivity index (χ4v) is 3.78. The van der Waals surface area contributed by atoms with Gasteiger partial charge in [0.25, 0.3) is 5.91 Å². The van der Waals surface area contributed by atoms with E-state index in [0.29, 0.717) is 34.3 Å². The van der Waals surface area contributed by atoms with Crippen LogP contribution in [0.15, 0.2) is 78.1 Å². The maximum Gasteiger partial charge on any atom is 0.273 e. The number of rotatable bonds is 8. The van der Waals surface area contributed by atoms with Crippen molar-refractivity contribution in [1.29, 1.82) is 0 Å². The third-order valence-corrected chi connectivity index (χ3v) is 5.74. The molecule has 0 aliphatic heterocycles. The summed E-state index contributed by atoms with van der Waals surface area (Å²) in [5, 5.41) is 5.69. The number of methoxy groups -OCH3 is 1. The summed E-state index contributed by atoms with van der Waals surface area (Å²) in [6, 6.07) is 13.1. The highest BCUT2D eigenvalue weighted by Gasteiger charge is 2.16. The van der Waals surface area contributed by atoms with Crippen LogP contribution in [0.25, 0.3) is 22.6 Å². The van der Waals surface area contributed by atoms with Crippen LogP contribution in [0.4, 0.5) is 15.9 Å². The molecule has 5 aromatic heterocycles. The number of carbonyl (C=O) groups excluding carboxylic acids is 1. The van der Waals surface area contributed by atoms with E-state index in [9.17, 15) is 14.0 Å². The van der Waals surface area contributed by atoms with E-state index in [2.05, 4.69) is 40.5 Å². The standard InChI is InChI=1S/C28H23FN8O3/c1-16-9-23(36-20-7-8-30-24(38)11-20)37-27(35-16)19-10-21(29)26(33-15-19)28(39)34-13-17-3-5-22(31-12-17)18-4-6-25(40-2)32-14-18/h3-12,14-15H,13H2,1-2H3,(H,34,39)(H2,30,35,36,37,38). The van der Waals surface area contributed by atoms with Gasteiger partial charge in [-0.2, -0.15) is 0 Å². The second-order valence-electron chi connectivity index (χ2n) is 8.66. The second-order valence-corrected chi connectivity index (χ2v) is 8.66. The van der Waals surface area contributed by atoms with Crippen LogP contribution in [0.5, 0.6) is 5.88 Å². The lowest BCUT2D eigenvalue weighted by Crippen LogP contribution is -2.25. The summed E-state index contributed by atoms with van der Waals surface area (Å²) in [7, 11) is 1.55. The third kappa shape index (κ3) is 6.13. The van der Waals surface area contributed by atoms with Gasteiger partial charge in [-0.3, -0.25) is 14.6 Å². The molecule has 0 unspecified atom stereocenters. The Kier molecular flexibility index (Phi) is 7.49. The van der Waals surface area contributed by atoms with Gasteiger partial charge in [0.15, 0.2) is 17.3 Å². The number of anilines is 2. The average Bonchev–Trinajstić information content (AvgIpc) is 2.96. The number of aromatic nitrogens is 6. The van der Waals surface area contributed by atoms with Crippen LogP contribution >= 0.6 is 0 Å². The number of halogens is 1. The minimum atomic E-state index is -0.815. The average molecular weight is 539 g/mol. The molecule has 200 valence electrons. The Bertz CT molecular complexity index is 1720. The molecular weight excluding hydrogens is 515 g/mol. The van der Waals surface area contributed by atoms with E-state index >= 15 is 0 Å². The van der Waals surface area contributed by atoms with Gasteiger partial charge in [-0.25, -0.2) is 24.3 Å². The Morgan fingerprint density at radius 3 is 2.52 bits per heavy atom. The maximum atomic E-state index is 14.9. The van der Waals surface area contributed by atoms with Crippen molar-refractivity contribution < 1.29 is 13.9 Å². The van der Waals surface area contributed by atoms with Gasteiger partial charge in [-0.15, -0.1) is 0 Å². The second kappa shape index (κ2) is 11.5. The quantitative estimate of drug-likeness (QED) is 0.268. The number of nitrogens with one attached hydrogen (secondary N) is 3. The Labute approximate surface area is 227 Å². The highest BCUT2D eigenvalue weighted by molar-refractivity contribution is 5.92. The Morgan fingerprint density at radius 1 is 0.975 bits per heavy atom. The number of ether oxygens (including phenoxy) is 1. The van der Waals surface area contributed by atoms with Gasteiger partial charge in [0, 0.05) is 72.0 Å². The van der Waals surface area contributed by atoms with Crippen molar-refractivity contribution in [3.05, 3.63) is 106 Å². The van der Waals surface area contributed by atoms with Crippen molar-refractivity contribution in [3.8, 4) is 28.5 Å². The van der Waals surface area contributed by atoms with Crippen LogP contribution in [0.1, 0.15) is 21.7 Å². The summed E-state index contributed by atoms with van der Waals surface area (Å²) in [4.78, 5) is 48.1. The molecule has 0 saturated heterocycles. The number of H-pyrrole nitrogens is 1. The maximum absolute atomic E-state index is 14.9. The molecule has 0 fully saturated rings. The Hall–Kier alpha value is -5.52. The van der Waals surface area contributed by atoms with Gasteiger partial charge < -0.3 is 20.4 Å². The summed E-state index contributed by atoms with van der Waals surface area (Å²) < 4.78 is 20.0. The number of amides is 1. The number of hydrogen-bond donors (Lipinski definition) is 3. The molecule has 0 aliphatic carbocycles. The van der Waals surface area contributed by atoms with Crippen LogP contribution < -0.4 is 20.9 Å². The first-order chi connectivity index (χ1) is 19.4. The first kappa shape index (κ1) is 26.1. The molecule has 0 bridgehead atoms. The number of nitrogens with zero attached hydrogens (tertiary/aromatic N) is 5. The molecule has 40 heavy (non-hydrogen) atoms. The van der Waals surface area contributed by atoms with Gasteiger partial charge in [0.2, 0.25) is 11.4 Å². The summed E-state index contributed by atoms with van der Waals surface area (Å²) in [5.74, 6) is -0.354. The van der Waals surface area contributed by atoms with Crippen LogP contribution in [-0.2, 0) is 6.54 Å². The van der Waals surface area contributed by atoms with Crippen molar-refractivity contribution in [1.82, 2.24) is 35.2 Å². The molecular formula is C28H23FN8O3. The number of aryl methyl sites for hydroxylation is 1. The van der Waals surface area contributed by atoms with Crippen LogP contribution in [0, 0.1) is 12.7 Å². The molecule has 3 N–H and O–H groups in total. The molecule has 1 amide bonds. The monoisotopic (exact) mass is 538 g/mol. The van der Waals surface area contributed by atoms with E-state index in [0.717, 1.165) is 17.2 Å². The summed E-state index contributed by atoms with van der Waals surface area (Å²) in [6.07, 6.45) is 6.13. The fraction of sp³-hybridized carbons (Fsp3) is 0.107. The van der Waals surface area contributed by atoms with E-state index < -0.39 is 11.7 Å². The lowest BCUT2D eigenvalue weighted by Gasteiger charge is -2.10. The van der Waals surface area contributed by atoms with Gasteiger partial charge in [-0.05, 0) is 36.8 Å². The van der Waals surface area contributed by atoms with E-state index in [1.165, 1.54) is 18.5 Å². The topological polar surface area (TPSA) is 148 Å². The van der Waals surface area contributed by atoms with Gasteiger partial charge >= 0.3 is 0 Å². The number of carbonyl (C=O) groups is 1. The lowest BCUT2D eigenvalue weighted by molar-refractivity contribution is 0.0941. The lowest BCUT2D eigenvalue weighted by atomic mass is 10.1. The minimum Gasteiger partial charge on any atom is -0.481 e. The number of hydrogen-bond acceptors (Lipinski definition) is 9. The predicted molar refractivity (Wildman–Crippen MR) is 145 cm³/mol. The summed E-state index contributed by atoms with van der Waals surface area (Å²) in [6.45, 7) is 1.89. The zero-order valence-electron chi connectivity index (χ0n) is 21.5. The molecule has 11 nitrogen and oxygen atoms in total. The van der Waals surface area contributed by atoms with E-state index in [1.54, 1.807) is 50.7 Å². The van der Waals surface area contributed by atoms with Crippen molar-refractivity contribution in [2.75, 3.05) is 12.4 Å². The van der Waals surface area contributed by atoms with Crippen molar-refractivity contribution in [2.45, 2.75) is 13.5 Å². The highest BCUT2D eigenvalue weighted by Crippen LogP contribution is 2.22. The molecule has 5 rings (SSSR count). The van der Waals surface area contributed by atoms with Crippen LogP contribution in [0.2, 0.25) is 0 Å². The van der Waals surface area contributed by atoms with Gasteiger partial charge in [0.1, 0.15) is 5.82 Å². The van der Waals surface area contributed by atoms with E-state index in [1.807, 2.05) is 12.1 Å². The predicted octanol–water partition coefficient (Wildman–Crippen LogP) is 3.81. The Morgan fingerprint density at radius 2 is 1.82 bits per heavy atom. The molecule has 5 heterocycles. The molecule has 0 radical (unpaired) electrons. The number of pyridine rings is 4. The molecule has 0 aliphatic rings.